The van der Waals surface area contributed by atoms with Crippen LogP contribution < -0.4 is 5.73 Å². The number of aromatic nitrogens is 3. The highest BCUT2D eigenvalue weighted by atomic mass is 14.9. The summed E-state index contributed by atoms with van der Waals surface area (Å²) >= 11 is 0. The third-order valence-corrected chi connectivity index (χ3v) is 1.77. The number of pyridine rings is 1. The molecule has 60 valence electrons. The molecule has 2 N–H and O–H groups in total. The van der Waals surface area contributed by atoms with Gasteiger partial charge in [0.25, 0.3) is 0 Å². The predicted octanol–water partition coefficient (Wildman–Crippen LogP) is 0.915. The summed E-state index contributed by atoms with van der Waals surface area (Å²) < 4.78 is 0. The fourth-order valence-electron chi connectivity index (χ4n) is 1.17. The minimum atomic E-state index is 0.491. The van der Waals surface area contributed by atoms with Crippen molar-refractivity contribution in [2.75, 3.05) is 5.73 Å². The lowest BCUT2D eigenvalue weighted by molar-refractivity contribution is 1.18. The third kappa shape index (κ3) is 0.887. The van der Waals surface area contributed by atoms with Gasteiger partial charge < -0.3 is 5.73 Å². The molecule has 0 saturated carbocycles. The third-order valence-electron chi connectivity index (χ3n) is 1.77. The number of hydrogen-bond donors (Lipinski definition) is 1. The number of nitrogens with two attached hydrogens (primary N) is 1. The van der Waals surface area contributed by atoms with Crippen molar-refractivity contribution in [1.29, 1.82) is 0 Å². The van der Waals surface area contributed by atoms with Gasteiger partial charge in [0.1, 0.15) is 12.1 Å². The Bertz CT molecular complexity index is 388. The van der Waals surface area contributed by atoms with E-state index < -0.39 is 0 Å². The molecule has 0 radical (unpaired) electrons. The number of hydrogen-bond acceptors (Lipinski definition) is 4. The van der Waals surface area contributed by atoms with Crippen molar-refractivity contribution >= 4 is 16.9 Å². The van der Waals surface area contributed by atoms with Crippen LogP contribution in [-0.4, -0.2) is 15.0 Å². The van der Waals surface area contributed by atoms with Gasteiger partial charge in [-0.3, -0.25) is 0 Å². The number of anilines is 1. The number of aryl methyl sites for hydroxylation is 1. The minimum Gasteiger partial charge on any atom is -0.383 e. The lowest BCUT2D eigenvalue weighted by atomic mass is 10.2. The molecule has 0 bridgehead atoms. The number of rotatable bonds is 0. The molecule has 0 aliphatic rings. The first-order valence-corrected chi connectivity index (χ1v) is 3.61. The van der Waals surface area contributed by atoms with Gasteiger partial charge in [-0.1, -0.05) is 0 Å². The Morgan fingerprint density at radius 1 is 1.25 bits per heavy atom. The Balaban J connectivity index is 2.96. The van der Waals surface area contributed by atoms with Crippen LogP contribution in [0.2, 0.25) is 0 Å². The van der Waals surface area contributed by atoms with E-state index in [1.165, 1.54) is 6.33 Å². The molecule has 2 rings (SSSR count). The summed E-state index contributed by atoms with van der Waals surface area (Å²) in [6, 6.07) is 1.89. The van der Waals surface area contributed by atoms with Crippen LogP contribution in [-0.2, 0) is 0 Å². The van der Waals surface area contributed by atoms with Gasteiger partial charge >= 0.3 is 0 Å². The average Bonchev–Trinajstić information content (AvgIpc) is 2.04. The molecule has 0 unspecified atom stereocenters. The van der Waals surface area contributed by atoms with E-state index in [0.29, 0.717) is 11.5 Å². The smallest absolute Gasteiger partial charge is 0.164 e. The zero-order valence-electron chi connectivity index (χ0n) is 6.65. The van der Waals surface area contributed by atoms with E-state index in [1.807, 2.05) is 13.0 Å². The molecular weight excluding hydrogens is 152 g/mol. The van der Waals surface area contributed by atoms with Crippen molar-refractivity contribution in [3.05, 3.63) is 24.2 Å². The lowest BCUT2D eigenvalue weighted by Crippen LogP contribution is -1.96. The fraction of sp³-hybridized carbons (Fsp3) is 0.125. The van der Waals surface area contributed by atoms with E-state index in [-0.39, 0.29) is 0 Å². The zero-order valence-corrected chi connectivity index (χ0v) is 6.65. The molecule has 0 saturated heterocycles. The van der Waals surface area contributed by atoms with E-state index in [2.05, 4.69) is 15.0 Å². The van der Waals surface area contributed by atoms with Crippen LogP contribution in [0.1, 0.15) is 5.56 Å². The summed E-state index contributed by atoms with van der Waals surface area (Å²) in [6.07, 6.45) is 3.13. The first-order valence-electron chi connectivity index (χ1n) is 3.61. The van der Waals surface area contributed by atoms with Crippen LogP contribution in [0.3, 0.4) is 0 Å². The Morgan fingerprint density at radius 3 is 2.83 bits per heavy atom. The largest absolute Gasteiger partial charge is 0.383 e. The van der Waals surface area contributed by atoms with E-state index >= 15 is 0 Å². The van der Waals surface area contributed by atoms with Gasteiger partial charge in [-0.2, -0.15) is 0 Å². The molecule has 0 spiro atoms. The van der Waals surface area contributed by atoms with E-state index in [0.717, 1.165) is 10.9 Å². The molecule has 4 nitrogen and oxygen atoms in total. The van der Waals surface area contributed by atoms with Crippen molar-refractivity contribution < 1.29 is 0 Å². The Kier molecular flexibility index (Phi) is 1.40. The van der Waals surface area contributed by atoms with E-state index in [9.17, 15) is 0 Å². The predicted molar refractivity (Wildman–Crippen MR) is 46.5 cm³/mol. The zero-order chi connectivity index (χ0) is 8.55. The summed E-state index contributed by atoms with van der Waals surface area (Å²) in [5, 5.41) is 0.847. The second kappa shape index (κ2) is 2.41. The number of fused-ring (bicyclic) bond motifs is 1. The van der Waals surface area contributed by atoms with Crippen LogP contribution in [0.15, 0.2) is 18.6 Å². The number of nitrogen functional groups attached to an aromatic ring is 1. The van der Waals surface area contributed by atoms with Crippen LogP contribution in [0.4, 0.5) is 5.82 Å². The van der Waals surface area contributed by atoms with Crippen molar-refractivity contribution in [1.82, 2.24) is 15.0 Å². The molecule has 0 aromatic carbocycles. The maximum atomic E-state index is 5.67. The molecular formula is C8H8N4. The van der Waals surface area contributed by atoms with Crippen molar-refractivity contribution in [2.24, 2.45) is 0 Å². The number of nitrogens with zero attached hydrogens (tertiary/aromatic N) is 3. The average molecular weight is 160 g/mol. The summed E-state index contributed by atoms with van der Waals surface area (Å²) in [7, 11) is 0. The summed E-state index contributed by atoms with van der Waals surface area (Å²) in [4.78, 5) is 12.0. The van der Waals surface area contributed by atoms with Crippen molar-refractivity contribution in [2.45, 2.75) is 6.92 Å². The van der Waals surface area contributed by atoms with Crippen molar-refractivity contribution in [3.8, 4) is 0 Å². The van der Waals surface area contributed by atoms with Gasteiger partial charge in [0, 0.05) is 6.20 Å². The SMILES string of the molecule is Cc1ccnc2ncnc(N)c12. The van der Waals surface area contributed by atoms with Crippen LogP contribution in [0.5, 0.6) is 0 Å². The molecule has 0 atom stereocenters. The Hall–Kier alpha value is -1.71. The molecule has 4 heteroatoms. The van der Waals surface area contributed by atoms with Gasteiger partial charge in [0.05, 0.1) is 5.39 Å². The maximum absolute atomic E-state index is 5.67. The molecule has 12 heavy (non-hydrogen) atoms. The summed E-state index contributed by atoms with van der Waals surface area (Å²) in [6.45, 7) is 1.96. The minimum absolute atomic E-state index is 0.491. The topological polar surface area (TPSA) is 64.7 Å². The first kappa shape index (κ1) is 6.97. The summed E-state index contributed by atoms with van der Waals surface area (Å²) in [5.41, 5.74) is 7.37. The highest BCUT2D eigenvalue weighted by Crippen LogP contribution is 2.17. The second-order valence-corrected chi connectivity index (χ2v) is 2.59. The monoisotopic (exact) mass is 160 g/mol. The molecule has 0 aliphatic heterocycles. The quantitative estimate of drug-likeness (QED) is 0.622. The van der Waals surface area contributed by atoms with Crippen LogP contribution in [0, 0.1) is 6.92 Å². The van der Waals surface area contributed by atoms with Gasteiger partial charge in [-0.15, -0.1) is 0 Å². The van der Waals surface area contributed by atoms with Crippen LogP contribution >= 0.6 is 0 Å². The first-order chi connectivity index (χ1) is 5.79. The highest BCUT2D eigenvalue weighted by molar-refractivity contribution is 5.87. The Labute approximate surface area is 69.5 Å². The normalized spacial score (nSPS) is 10.4. The summed E-state index contributed by atoms with van der Waals surface area (Å²) in [5.74, 6) is 0.491. The van der Waals surface area contributed by atoms with Gasteiger partial charge in [0.2, 0.25) is 0 Å². The molecule has 0 fully saturated rings. The maximum Gasteiger partial charge on any atom is 0.164 e. The fourth-order valence-corrected chi connectivity index (χ4v) is 1.17. The highest BCUT2D eigenvalue weighted by Gasteiger charge is 2.02. The van der Waals surface area contributed by atoms with E-state index in [1.54, 1.807) is 6.20 Å². The molecule has 2 heterocycles. The standard InChI is InChI=1S/C8H8N4/c1-5-2-3-10-8-6(5)7(9)11-4-12-8/h2-4H,1H3,(H2,9,10,11,12). The van der Waals surface area contributed by atoms with Gasteiger partial charge in [-0.25, -0.2) is 15.0 Å². The van der Waals surface area contributed by atoms with Gasteiger partial charge in [0.15, 0.2) is 5.65 Å². The molecule has 2 aromatic rings. The molecule has 2 aromatic heterocycles. The lowest BCUT2D eigenvalue weighted by Gasteiger charge is -2.00. The molecule has 0 amide bonds. The molecule has 0 aliphatic carbocycles. The van der Waals surface area contributed by atoms with Gasteiger partial charge in [-0.05, 0) is 18.6 Å². The van der Waals surface area contributed by atoms with E-state index in [4.69, 9.17) is 5.73 Å². The van der Waals surface area contributed by atoms with Crippen LogP contribution in [0.25, 0.3) is 11.0 Å². The van der Waals surface area contributed by atoms with Crippen molar-refractivity contribution in [3.63, 3.8) is 0 Å². The second-order valence-electron chi connectivity index (χ2n) is 2.59. The Morgan fingerprint density at radius 2 is 2.08 bits per heavy atom.